The number of ether oxygens (including phenoxy) is 1. The molecular formula is C16H15ClN6O2. The molecule has 1 atom stereocenters. The molecule has 0 radical (unpaired) electrons. The molecule has 2 aromatic heterocycles. The van der Waals surface area contributed by atoms with Crippen molar-refractivity contribution in [3.8, 4) is 0 Å². The molecule has 25 heavy (non-hydrogen) atoms. The van der Waals surface area contributed by atoms with Gasteiger partial charge in [-0.25, -0.2) is 14.8 Å². The number of fused-ring (bicyclic) bond motifs is 1. The number of amides is 1. The lowest BCUT2D eigenvalue weighted by Crippen LogP contribution is -2.25. The van der Waals surface area contributed by atoms with Crippen molar-refractivity contribution >= 4 is 40.5 Å². The van der Waals surface area contributed by atoms with E-state index < -0.39 is 6.09 Å². The quantitative estimate of drug-likeness (QED) is 0.743. The van der Waals surface area contributed by atoms with E-state index in [0.717, 1.165) is 16.9 Å². The Morgan fingerprint density at radius 3 is 3.04 bits per heavy atom. The molecule has 8 nitrogen and oxygen atoms in total. The van der Waals surface area contributed by atoms with Crippen LogP contribution in [0.15, 0.2) is 30.5 Å². The van der Waals surface area contributed by atoms with Crippen LogP contribution in [0.5, 0.6) is 0 Å². The molecule has 3 aromatic rings. The Bertz CT molecular complexity index is 943. The highest BCUT2D eigenvalue weighted by atomic mass is 35.5. The van der Waals surface area contributed by atoms with Crippen molar-refractivity contribution in [2.24, 2.45) is 0 Å². The van der Waals surface area contributed by atoms with E-state index in [1.807, 2.05) is 19.1 Å². The van der Waals surface area contributed by atoms with Gasteiger partial charge in [0.15, 0.2) is 0 Å². The summed E-state index contributed by atoms with van der Waals surface area (Å²) >= 11 is 6.00. The summed E-state index contributed by atoms with van der Waals surface area (Å²) in [6.45, 7) is 2.79. The molecule has 9 heteroatoms. The molecular weight excluding hydrogens is 344 g/mol. The number of carbonyl (C=O) groups excluding carboxylic acids is 1. The number of cyclic esters (lactones) is 1. The zero-order chi connectivity index (χ0) is 17.4. The fourth-order valence-electron chi connectivity index (χ4n) is 2.64. The summed E-state index contributed by atoms with van der Waals surface area (Å²) in [6.07, 6.45) is 1.20. The highest BCUT2D eigenvalue weighted by molar-refractivity contribution is 6.31. The number of nitrogens with zero attached hydrogens (tertiary/aromatic N) is 4. The minimum absolute atomic E-state index is 0.160. The number of benzene rings is 1. The second-order valence-corrected chi connectivity index (χ2v) is 6.09. The Balaban J connectivity index is 1.55. The molecule has 2 N–H and O–H groups in total. The molecule has 0 saturated carbocycles. The first-order valence-electron chi connectivity index (χ1n) is 7.79. The molecule has 1 amide bonds. The Hall–Kier alpha value is -2.87. The van der Waals surface area contributed by atoms with Gasteiger partial charge in [0, 0.05) is 11.2 Å². The molecule has 1 aromatic carbocycles. The van der Waals surface area contributed by atoms with Crippen LogP contribution in [-0.4, -0.2) is 39.2 Å². The van der Waals surface area contributed by atoms with Gasteiger partial charge in [-0.15, -0.1) is 0 Å². The highest BCUT2D eigenvalue weighted by Gasteiger charge is 2.25. The van der Waals surface area contributed by atoms with Gasteiger partial charge >= 0.3 is 6.09 Å². The van der Waals surface area contributed by atoms with E-state index in [2.05, 4.69) is 25.3 Å². The van der Waals surface area contributed by atoms with Crippen LogP contribution in [0.3, 0.4) is 0 Å². The van der Waals surface area contributed by atoms with Gasteiger partial charge in [0.1, 0.15) is 18.2 Å². The summed E-state index contributed by atoms with van der Waals surface area (Å²) in [6, 6.07) is 7.01. The van der Waals surface area contributed by atoms with Crippen LogP contribution in [-0.2, 0) is 4.74 Å². The molecule has 1 aliphatic heterocycles. The van der Waals surface area contributed by atoms with E-state index >= 15 is 0 Å². The van der Waals surface area contributed by atoms with Gasteiger partial charge in [-0.2, -0.15) is 4.98 Å². The number of H-pyrrole nitrogens is 1. The maximum absolute atomic E-state index is 11.7. The first kappa shape index (κ1) is 15.6. The summed E-state index contributed by atoms with van der Waals surface area (Å²) in [4.78, 5) is 29.5. The SMILES string of the molecule is CC(Nc1nccc(N2CCOC2=O)n1)c1nc2cc(Cl)ccc2[nH]1. The van der Waals surface area contributed by atoms with E-state index in [1.54, 1.807) is 18.3 Å². The van der Waals surface area contributed by atoms with Crippen LogP contribution in [0.2, 0.25) is 5.02 Å². The maximum Gasteiger partial charge on any atom is 0.415 e. The minimum Gasteiger partial charge on any atom is -0.447 e. The molecule has 1 unspecified atom stereocenters. The van der Waals surface area contributed by atoms with Gasteiger partial charge in [0.25, 0.3) is 0 Å². The van der Waals surface area contributed by atoms with Crippen LogP contribution in [0, 0.1) is 0 Å². The lowest BCUT2D eigenvalue weighted by Gasteiger charge is -2.14. The molecule has 1 saturated heterocycles. The third kappa shape index (κ3) is 3.08. The Kier molecular flexibility index (Phi) is 3.89. The molecule has 4 rings (SSSR count). The van der Waals surface area contributed by atoms with Gasteiger partial charge in [-0.3, -0.25) is 4.90 Å². The zero-order valence-electron chi connectivity index (χ0n) is 13.4. The number of nitrogens with one attached hydrogen (secondary N) is 2. The van der Waals surface area contributed by atoms with E-state index in [0.29, 0.717) is 29.9 Å². The van der Waals surface area contributed by atoms with Crippen molar-refractivity contribution in [3.63, 3.8) is 0 Å². The van der Waals surface area contributed by atoms with E-state index in [4.69, 9.17) is 16.3 Å². The van der Waals surface area contributed by atoms with Crippen LogP contribution in [0.1, 0.15) is 18.8 Å². The number of rotatable bonds is 4. The smallest absolute Gasteiger partial charge is 0.415 e. The van der Waals surface area contributed by atoms with Crippen LogP contribution in [0.4, 0.5) is 16.6 Å². The molecule has 0 aliphatic carbocycles. The molecule has 1 aliphatic rings. The fourth-order valence-corrected chi connectivity index (χ4v) is 2.80. The predicted octanol–water partition coefficient (Wildman–Crippen LogP) is 3.14. The summed E-state index contributed by atoms with van der Waals surface area (Å²) in [5, 5.41) is 3.82. The Morgan fingerprint density at radius 1 is 1.36 bits per heavy atom. The lowest BCUT2D eigenvalue weighted by atomic mass is 10.3. The zero-order valence-corrected chi connectivity index (χ0v) is 14.1. The summed E-state index contributed by atoms with van der Waals surface area (Å²) in [5.41, 5.74) is 1.70. The predicted molar refractivity (Wildman–Crippen MR) is 93.9 cm³/mol. The lowest BCUT2D eigenvalue weighted by molar-refractivity contribution is 0.181. The van der Waals surface area contributed by atoms with Gasteiger partial charge < -0.3 is 15.0 Å². The Labute approximate surface area is 148 Å². The summed E-state index contributed by atoms with van der Waals surface area (Å²) in [7, 11) is 0. The number of imidazole rings is 1. The highest BCUT2D eigenvalue weighted by Crippen LogP contribution is 2.22. The average Bonchev–Trinajstić information content (AvgIpc) is 3.20. The number of halogens is 1. The van der Waals surface area contributed by atoms with Crippen molar-refractivity contribution < 1.29 is 9.53 Å². The number of carbonyl (C=O) groups is 1. The average molecular weight is 359 g/mol. The minimum atomic E-state index is -0.396. The van der Waals surface area contributed by atoms with Crippen LogP contribution < -0.4 is 10.2 Å². The second kappa shape index (κ2) is 6.21. The topological polar surface area (TPSA) is 96.0 Å². The standard InChI is InChI=1S/C16H15ClN6O2/c1-9(14-20-11-3-2-10(17)8-12(11)21-14)19-15-18-5-4-13(22-15)23-6-7-25-16(23)24/h2-5,8-9H,6-7H2,1H3,(H,20,21)(H,18,19,22). The van der Waals surface area contributed by atoms with Crippen molar-refractivity contribution in [1.29, 1.82) is 0 Å². The van der Waals surface area contributed by atoms with E-state index in [1.165, 1.54) is 4.90 Å². The van der Waals surface area contributed by atoms with Gasteiger partial charge in [0.2, 0.25) is 5.95 Å². The number of anilines is 2. The normalized spacial score (nSPS) is 15.4. The fraction of sp³-hybridized carbons (Fsp3) is 0.250. The third-order valence-corrected chi connectivity index (χ3v) is 4.13. The second-order valence-electron chi connectivity index (χ2n) is 5.65. The summed E-state index contributed by atoms with van der Waals surface area (Å²) < 4.78 is 4.93. The van der Waals surface area contributed by atoms with E-state index in [-0.39, 0.29) is 6.04 Å². The largest absolute Gasteiger partial charge is 0.447 e. The first-order valence-corrected chi connectivity index (χ1v) is 8.17. The number of aromatic amines is 1. The van der Waals surface area contributed by atoms with Gasteiger partial charge in [-0.1, -0.05) is 11.6 Å². The van der Waals surface area contributed by atoms with Crippen molar-refractivity contribution in [3.05, 3.63) is 41.3 Å². The van der Waals surface area contributed by atoms with Gasteiger partial charge in [-0.05, 0) is 31.2 Å². The summed E-state index contributed by atoms with van der Waals surface area (Å²) in [5.74, 6) is 1.65. The van der Waals surface area contributed by atoms with Crippen LogP contribution >= 0.6 is 11.6 Å². The number of hydrogen-bond donors (Lipinski definition) is 2. The molecule has 1 fully saturated rings. The van der Waals surface area contributed by atoms with Crippen molar-refractivity contribution in [2.45, 2.75) is 13.0 Å². The Morgan fingerprint density at radius 2 is 2.24 bits per heavy atom. The van der Waals surface area contributed by atoms with E-state index in [9.17, 15) is 4.79 Å². The van der Waals surface area contributed by atoms with Crippen molar-refractivity contribution in [1.82, 2.24) is 19.9 Å². The maximum atomic E-state index is 11.7. The molecule has 3 heterocycles. The van der Waals surface area contributed by atoms with Gasteiger partial charge in [0.05, 0.1) is 23.6 Å². The molecule has 128 valence electrons. The number of hydrogen-bond acceptors (Lipinski definition) is 6. The van der Waals surface area contributed by atoms with Crippen molar-refractivity contribution in [2.75, 3.05) is 23.4 Å². The van der Waals surface area contributed by atoms with Crippen LogP contribution in [0.25, 0.3) is 11.0 Å². The first-order chi connectivity index (χ1) is 12.1. The monoisotopic (exact) mass is 358 g/mol. The molecule has 0 spiro atoms. The molecule has 0 bridgehead atoms. The number of aromatic nitrogens is 4. The third-order valence-electron chi connectivity index (χ3n) is 3.90.